The number of pyridine rings is 1. The van der Waals surface area contributed by atoms with Crippen molar-refractivity contribution in [3.05, 3.63) is 94.2 Å². The van der Waals surface area contributed by atoms with E-state index in [9.17, 15) is 32.8 Å². The Labute approximate surface area is 263 Å². The number of hydrogen-bond donors (Lipinski definition) is 4. The van der Waals surface area contributed by atoms with Gasteiger partial charge >= 0.3 is 0 Å². The third-order valence-electron chi connectivity index (χ3n) is 8.27. The van der Waals surface area contributed by atoms with Crippen LogP contribution in [-0.2, 0) is 32.2 Å². The zero-order valence-electron chi connectivity index (χ0n) is 26.2. The van der Waals surface area contributed by atoms with Crippen LogP contribution in [0, 0.1) is 0 Å². The van der Waals surface area contributed by atoms with E-state index in [2.05, 4.69) is 10.3 Å². The molecule has 0 fully saturated rings. The number of aliphatic hydroxyl groups excluding tert-OH is 1. The largest absolute Gasteiger partial charge is 0.507 e. The number of anilines is 1. The van der Waals surface area contributed by atoms with E-state index in [-0.39, 0.29) is 45.7 Å². The fourth-order valence-corrected chi connectivity index (χ4v) is 6.35. The normalized spacial score (nSPS) is 17.0. The number of nitrogens with zero attached hydrogens (tertiary/aromatic N) is 1. The van der Waals surface area contributed by atoms with Gasteiger partial charge in [0, 0.05) is 17.4 Å². The van der Waals surface area contributed by atoms with E-state index in [0.717, 1.165) is 28.8 Å². The summed E-state index contributed by atoms with van der Waals surface area (Å²) in [6, 6.07) is 16.1. The SMILES string of the molecule is CC(C)(C)c1cc(CCC(=O)Nc2cccc3ccc(C4C(=O)c5cc(S(=O)(=O)O)ccc5C4O)nc23)cc(C(C)(C)C)c1O. The van der Waals surface area contributed by atoms with Crippen molar-refractivity contribution in [2.75, 3.05) is 5.32 Å². The molecule has 0 spiro atoms. The summed E-state index contributed by atoms with van der Waals surface area (Å²) in [6.45, 7) is 12.3. The molecule has 1 heterocycles. The van der Waals surface area contributed by atoms with Gasteiger partial charge in [-0.3, -0.25) is 14.1 Å². The summed E-state index contributed by atoms with van der Waals surface area (Å²) >= 11 is 0. The van der Waals surface area contributed by atoms with Crippen LogP contribution >= 0.6 is 0 Å². The van der Waals surface area contributed by atoms with E-state index >= 15 is 0 Å². The molecule has 9 nitrogen and oxygen atoms in total. The van der Waals surface area contributed by atoms with Crippen LogP contribution in [0.25, 0.3) is 10.9 Å². The van der Waals surface area contributed by atoms with Crippen LogP contribution in [0.3, 0.4) is 0 Å². The lowest BCUT2D eigenvalue weighted by atomic mass is 9.78. The number of Topliss-reactive ketones (excluding diaryl/α,β-unsaturated/α-hetero) is 1. The number of aryl methyl sites for hydroxylation is 1. The van der Waals surface area contributed by atoms with Crippen molar-refractivity contribution in [1.29, 1.82) is 0 Å². The van der Waals surface area contributed by atoms with Gasteiger partial charge in [0.05, 0.1) is 33.8 Å². The van der Waals surface area contributed by atoms with Crippen molar-refractivity contribution in [1.82, 2.24) is 4.98 Å². The molecule has 0 radical (unpaired) electrons. The minimum atomic E-state index is -4.54. The van der Waals surface area contributed by atoms with Crippen molar-refractivity contribution in [2.24, 2.45) is 0 Å². The molecule has 10 heteroatoms. The lowest BCUT2D eigenvalue weighted by Crippen LogP contribution is -2.18. The molecule has 1 aromatic heterocycles. The predicted molar refractivity (Wildman–Crippen MR) is 172 cm³/mol. The maximum Gasteiger partial charge on any atom is 0.294 e. The van der Waals surface area contributed by atoms with Gasteiger partial charge in [0.15, 0.2) is 5.78 Å². The van der Waals surface area contributed by atoms with Gasteiger partial charge in [-0.1, -0.05) is 77.9 Å². The molecule has 5 rings (SSSR count). The second kappa shape index (κ2) is 11.3. The van der Waals surface area contributed by atoms with Crippen LogP contribution in [0.15, 0.2) is 65.6 Å². The number of fused-ring (bicyclic) bond motifs is 2. The third-order valence-corrected chi connectivity index (χ3v) is 9.12. The molecule has 0 bridgehead atoms. The molecule has 45 heavy (non-hydrogen) atoms. The number of phenolic OH excluding ortho intramolecular Hbond substituents is 1. The molecule has 2 unspecified atom stereocenters. The molecule has 0 saturated heterocycles. The number of nitrogens with one attached hydrogen (secondary N) is 1. The number of aromatic hydroxyl groups is 1. The summed E-state index contributed by atoms with van der Waals surface area (Å²) in [4.78, 5) is 30.8. The van der Waals surface area contributed by atoms with Crippen molar-refractivity contribution >= 4 is 38.4 Å². The van der Waals surface area contributed by atoms with Gasteiger partial charge in [0.25, 0.3) is 10.1 Å². The Bertz CT molecular complexity index is 1920. The quantitative estimate of drug-likeness (QED) is 0.179. The summed E-state index contributed by atoms with van der Waals surface area (Å²) in [5.74, 6) is -1.56. The Kier molecular flexibility index (Phi) is 8.14. The standard InChI is InChI=1S/C35H38N2O7S/c1-34(2,3)24-16-19(17-25(33(24)41)35(4,5)6)10-15-28(38)36-27-9-7-8-20-11-14-26(37-30(20)27)29-31(39)22-13-12-21(45(42,43)44)18-23(22)32(29)40/h7-9,11-14,16-18,29,31,39,41H,10,15H2,1-6H3,(H,36,38)(H,42,43,44). The summed E-state index contributed by atoms with van der Waals surface area (Å²) in [6.07, 6.45) is -0.635. The van der Waals surface area contributed by atoms with Gasteiger partial charge in [-0.05, 0) is 63.8 Å². The van der Waals surface area contributed by atoms with Gasteiger partial charge in [0.2, 0.25) is 5.91 Å². The highest BCUT2D eigenvalue weighted by atomic mass is 32.2. The van der Waals surface area contributed by atoms with Gasteiger partial charge in [0.1, 0.15) is 5.75 Å². The number of ketones is 1. The number of carbonyl (C=O) groups excluding carboxylic acids is 2. The van der Waals surface area contributed by atoms with Crippen LogP contribution < -0.4 is 5.32 Å². The first-order chi connectivity index (χ1) is 20.9. The second-order valence-corrected chi connectivity index (χ2v) is 15.1. The fourth-order valence-electron chi connectivity index (χ4n) is 5.84. The summed E-state index contributed by atoms with van der Waals surface area (Å²) in [5.41, 5.74) is 3.43. The van der Waals surface area contributed by atoms with E-state index in [4.69, 9.17) is 0 Å². The monoisotopic (exact) mass is 630 g/mol. The zero-order chi connectivity index (χ0) is 33.1. The summed E-state index contributed by atoms with van der Waals surface area (Å²) in [5, 5.41) is 25.7. The van der Waals surface area contributed by atoms with Crippen LogP contribution in [0.1, 0.15) is 98.3 Å². The first-order valence-electron chi connectivity index (χ1n) is 14.8. The molecular weight excluding hydrogens is 592 g/mol. The Morgan fingerprint density at radius 1 is 0.933 bits per heavy atom. The van der Waals surface area contributed by atoms with Crippen LogP contribution in [-0.4, -0.2) is 39.9 Å². The Balaban J connectivity index is 1.40. The van der Waals surface area contributed by atoms with E-state index in [1.165, 1.54) is 6.07 Å². The van der Waals surface area contributed by atoms with Gasteiger partial charge in [-0.25, -0.2) is 4.98 Å². The van der Waals surface area contributed by atoms with E-state index < -0.39 is 32.8 Å². The van der Waals surface area contributed by atoms with Crippen molar-refractivity contribution < 1.29 is 32.8 Å². The number of amides is 1. The highest BCUT2D eigenvalue weighted by molar-refractivity contribution is 7.85. The molecule has 1 aliphatic carbocycles. The summed E-state index contributed by atoms with van der Waals surface area (Å²) < 4.78 is 32.7. The number of benzene rings is 3. The number of carbonyl (C=O) groups is 2. The number of aliphatic hydroxyl groups is 1. The second-order valence-electron chi connectivity index (χ2n) is 13.7. The Hall–Kier alpha value is -4.12. The maximum atomic E-state index is 13.3. The third kappa shape index (κ3) is 6.36. The first kappa shape index (κ1) is 32.3. The molecule has 4 N–H and O–H groups in total. The lowest BCUT2D eigenvalue weighted by Gasteiger charge is -2.28. The molecule has 1 amide bonds. The lowest BCUT2D eigenvalue weighted by molar-refractivity contribution is -0.116. The van der Waals surface area contributed by atoms with E-state index in [1.807, 2.05) is 59.7 Å². The number of aromatic nitrogens is 1. The van der Waals surface area contributed by atoms with Crippen LogP contribution in [0.5, 0.6) is 5.75 Å². The average molecular weight is 631 g/mol. The minimum absolute atomic E-state index is 0.00424. The van der Waals surface area contributed by atoms with Crippen LogP contribution in [0.2, 0.25) is 0 Å². The molecule has 1 aliphatic rings. The molecular formula is C35H38N2O7S. The van der Waals surface area contributed by atoms with E-state index in [0.29, 0.717) is 23.0 Å². The smallest absolute Gasteiger partial charge is 0.294 e. The topological polar surface area (TPSA) is 154 Å². The van der Waals surface area contributed by atoms with Gasteiger partial charge in [-0.15, -0.1) is 0 Å². The average Bonchev–Trinajstić information content (AvgIpc) is 3.19. The molecule has 0 aliphatic heterocycles. The van der Waals surface area contributed by atoms with E-state index in [1.54, 1.807) is 24.3 Å². The molecule has 0 saturated carbocycles. The Morgan fingerprint density at radius 3 is 2.18 bits per heavy atom. The van der Waals surface area contributed by atoms with Gasteiger partial charge in [-0.2, -0.15) is 8.42 Å². The number of para-hydroxylation sites is 1. The van der Waals surface area contributed by atoms with Gasteiger partial charge < -0.3 is 15.5 Å². The molecule has 3 aromatic carbocycles. The van der Waals surface area contributed by atoms with Crippen molar-refractivity contribution in [3.8, 4) is 5.75 Å². The highest BCUT2D eigenvalue weighted by Crippen LogP contribution is 2.43. The zero-order valence-corrected chi connectivity index (χ0v) is 27.0. The molecule has 2 atom stereocenters. The maximum absolute atomic E-state index is 13.3. The van der Waals surface area contributed by atoms with Crippen molar-refractivity contribution in [3.63, 3.8) is 0 Å². The number of rotatable bonds is 6. The fraction of sp³-hybridized carbons (Fsp3) is 0.343. The summed E-state index contributed by atoms with van der Waals surface area (Å²) in [7, 11) is -4.54. The number of hydrogen-bond acceptors (Lipinski definition) is 7. The molecule has 4 aromatic rings. The predicted octanol–water partition coefficient (Wildman–Crippen LogP) is 6.37. The van der Waals surface area contributed by atoms with Crippen LogP contribution in [0.4, 0.5) is 5.69 Å². The number of phenols is 1. The minimum Gasteiger partial charge on any atom is -0.507 e. The van der Waals surface area contributed by atoms with Crippen molar-refractivity contribution in [2.45, 2.75) is 82.1 Å². The Morgan fingerprint density at radius 2 is 1.58 bits per heavy atom. The molecule has 236 valence electrons. The first-order valence-corrected chi connectivity index (χ1v) is 16.2. The highest BCUT2D eigenvalue weighted by Gasteiger charge is 2.41.